The van der Waals surface area contributed by atoms with Gasteiger partial charge in [0.2, 0.25) is 0 Å². The molecule has 0 saturated heterocycles. The molecule has 0 spiro atoms. The molecular formula is C9H12ClN. The van der Waals surface area contributed by atoms with Crippen LogP contribution < -0.4 is 0 Å². The Morgan fingerprint density at radius 2 is 2.18 bits per heavy atom. The standard InChI is InChI=1S/C9H12ClN/c1-7(2)5-9-4-3-8(10)6-11-9/h3-4,6-7H,5H2,1-2H3. The second-order valence-electron chi connectivity index (χ2n) is 3.07. The molecule has 0 N–H and O–H groups in total. The van der Waals surface area contributed by atoms with Crippen molar-refractivity contribution in [3.63, 3.8) is 0 Å². The van der Waals surface area contributed by atoms with Crippen molar-refractivity contribution in [2.45, 2.75) is 20.3 Å². The van der Waals surface area contributed by atoms with Gasteiger partial charge in [-0.3, -0.25) is 4.98 Å². The van der Waals surface area contributed by atoms with Gasteiger partial charge in [-0.1, -0.05) is 25.4 Å². The van der Waals surface area contributed by atoms with E-state index in [1.165, 1.54) is 0 Å². The van der Waals surface area contributed by atoms with Crippen molar-refractivity contribution < 1.29 is 0 Å². The number of hydrogen-bond acceptors (Lipinski definition) is 1. The number of hydrogen-bond donors (Lipinski definition) is 0. The summed E-state index contributed by atoms with van der Waals surface area (Å²) >= 11 is 5.69. The fourth-order valence-corrected chi connectivity index (χ4v) is 1.06. The maximum atomic E-state index is 5.69. The van der Waals surface area contributed by atoms with Crippen molar-refractivity contribution >= 4 is 11.6 Å². The summed E-state index contributed by atoms with van der Waals surface area (Å²) in [6, 6.07) is 3.86. The van der Waals surface area contributed by atoms with Crippen LogP contribution in [0, 0.1) is 5.92 Å². The molecule has 0 amide bonds. The van der Waals surface area contributed by atoms with E-state index in [1.54, 1.807) is 6.20 Å². The van der Waals surface area contributed by atoms with Crippen LogP contribution >= 0.6 is 11.6 Å². The van der Waals surface area contributed by atoms with E-state index in [2.05, 4.69) is 18.8 Å². The zero-order valence-corrected chi connectivity index (χ0v) is 7.60. The Morgan fingerprint density at radius 3 is 2.64 bits per heavy atom. The van der Waals surface area contributed by atoms with E-state index >= 15 is 0 Å². The number of pyridine rings is 1. The van der Waals surface area contributed by atoms with E-state index in [-0.39, 0.29) is 0 Å². The molecule has 0 bridgehead atoms. The first kappa shape index (κ1) is 8.54. The molecule has 2 heteroatoms. The third kappa shape index (κ3) is 2.89. The molecular weight excluding hydrogens is 158 g/mol. The van der Waals surface area contributed by atoms with Crippen molar-refractivity contribution in [2.24, 2.45) is 5.92 Å². The largest absolute Gasteiger partial charge is 0.260 e. The molecule has 1 nitrogen and oxygen atoms in total. The predicted octanol–water partition coefficient (Wildman–Crippen LogP) is 2.93. The van der Waals surface area contributed by atoms with Gasteiger partial charge in [0.1, 0.15) is 0 Å². The van der Waals surface area contributed by atoms with Crippen molar-refractivity contribution in [3.05, 3.63) is 29.0 Å². The molecule has 0 atom stereocenters. The van der Waals surface area contributed by atoms with Gasteiger partial charge in [-0.05, 0) is 24.5 Å². The third-order valence-electron chi connectivity index (χ3n) is 1.41. The van der Waals surface area contributed by atoms with Crippen molar-refractivity contribution in [3.8, 4) is 0 Å². The zero-order valence-electron chi connectivity index (χ0n) is 6.84. The molecule has 0 unspecified atom stereocenters. The molecule has 1 aromatic heterocycles. The normalized spacial score (nSPS) is 10.5. The van der Waals surface area contributed by atoms with Gasteiger partial charge in [-0.2, -0.15) is 0 Å². The van der Waals surface area contributed by atoms with E-state index in [0.717, 1.165) is 12.1 Å². The Bertz CT molecular complexity index is 216. The molecule has 1 aromatic rings. The topological polar surface area (TPSA) is 12.9 Å². The van der Waals surface area contributed by atoms with Gasteiger partial charge >= 0.3 is 0 Å². The SMILES string of the molecule is CC(C)Cc1ccc(Cl)cn1. The molecule has 60 valence electrons. The minimum atomic E-state index is 0.656. The molecule has 0 aromatic carbocycles. The molecule has 1 heterocycles. The van der Waals surface area contributed by atoms with E-state index in [4.69, 9.17) is 11.6 Å². The first-order chi connectivity index (χ1) is 5.18. The Labute approximate surface area is 72.4 Å². The van der Waals surface area contributed by atoms with Gasteiger partial charge < -0.3 is 0 Å². The van der Waals surface area contributed by atoms with E-state index < -0.39 is 0 Å². The number of nitrogens with zero attached hydrogens (tertiary/aromatic N) is 1. The maximum Gasteiger partial charge on any atom is 0.0589 e. The first-order valence-corrected chi connectivity index (χ1v) is 4.16. The third-order valence-corrected chi connectivity index (χ3v) is 1.63. The van der Waals surface area contributed by atoms with Crippen LogP contribution in [0.1, 0.15) is 19.5 Å². The number of aromatic nitrogens is 1. The second kappa shape index (κ2) is 3.72. The molecule has 1 rings (SSSR count). The Kier molecular flexibility index (Phi) is 2.89. The molecule has 0 radical (unpaired) electrons. The summed E-state index contributed by atoms with van der Waals surface area (Å²) in [7, 11) is 0. The highest BCUT2D eigenvalue weighted by Crippen LogP contribution is 2.09. The van der Waals surface area contributed by atoms with Crippen LogP contribution in [0.15, 0.2) is 18.3 Å². The molecule has 0 fully saturated rings. The van der Waals surface area contributed by atoms with Gasteiger partial charge in [-0.25, -0.2) is 0 Å². The maximum absolute atomic E-state index is 5.69. The van der Waals surface area contributed by atoms with Gasteiger partial charge in [0, 0.05) is 11.9 Å². The number of halogens is 1. The summed E-state index contributed by atoms with van der Waals surface area (Å²) < 4.78 is 0. The summed E-state index contributed by atoms with van der Waals surface area (Å²) in [6.45, 7) is 4.35. The zero-order chi connectivity index (χ0) is 8.27. The van der Waals surface area contributed by atoms with E-state index in [1.807, 2.05) is 12.1 Å². The summed E-state index contributed by atoms with van der Waals surface area (Å²) in [6.07, 6.45) is 2.72. The highest BCUT2D eigenvalue weighted by Gasteiger charge is 1.97. The summed E-state index contributed by atoms with van der Waals surface area (Å²) in [5, 5.41) is 0.706. The van der Waals surface area contributed by atoms with Crippen LogP contribution in [-0.4, -0.2) is 4.98 Å². The molecule has 0 aliphatic rings. The van der Waals surface area contributed by atoms with Crippen LogP contribution in [0.4, 0.5) is 0 Å². The quantitative estimate of drug-likeness (QED) is 0.664. The fraction of sp³-hybridized carbons (Fsp3) is 0.444. The van der Waals surface area contributed by atoms with Crippen molar-refractivity contribution in [1.82, 2.24) is 4.98 Å². The molecule has 11 heavy (non-hydrogen) atoms. The highest BCUT2D eigenvalue weighted by molar-refractivity contribution is 6.30. The van der Waals surface area contributed by atoms with Crippen LogP contribution in [0.5, 0.6) is 0 Å². The molecule has 0 aliphatic carbocycles. The van der Waals surface area contributed by atoms with Gasteiger partial charge in [0.05, 0.1) is 5.02 Å². The Balaban J connectivity index is 2.66. The van der Waals surface area contributed by atoms with Gasteiger partial charge in [0.25, 0.3) is 0 Å². The van der Waals surface area contributed by atoms with Crippen LogP contribution in [0.25, 0.3) is 0 Å². The van der Waals surface area contributed by atoms with E-state index in [9.17, 15) is 0 Å². The highest BCUT2D eigenvalue weighted by atomic mass is 35.5. The van der Waals surface area contributed by atoms with Gasteiger partial charge in [0.15, 0.2) is 0 Å². The summed E-state index contributed by atoms with van der Waals surface area (Å²) in [5.41, 5.74) is 1.12. The minimum absolute atomic E-state index is 0.656. The number of rotatable bonds is 2. The first-order valence-electron chi connectivity index (χ1n) is 3.79. The smallest absolute Gasteiger partial charge is 0.0589 e. The summed E-state index contributed by atoms with van der Waals surface area (Å²) in [4.78, 5) is 4.19. The second-order valence-corrected chi connectivity index (χ2v) is 3.50. The summed E-state index contributed by atoms with van der Waals surface area (Å²) in [5.74, 6) is 0.656. The fourth-order valence-electron chi connectivity index (χ4n) is 0.945. The molecule has 0 saturated carbocycles. The van der Waals surface area contributed by atoms with E-state index in [0.29, 0.717) is 10.9 Å². The Hall–Kier alpha value is -0.560. The predicted molar refractivity (Wildman–Crippen MR) is 47.8 cm³/mol. The van der Waals surface area contributed by atoms with Gasteiger partial charge in [-0.15, -0.1) is 0 Å². The minimum Gasteiger partial charge on any atom is -0.260 e. The monoisotopic (exact) mass is 169 g/mol. The average molecular weight is 170 g/mol. The van der Waals surface area contributed by atoms with Crippen molar-refractivity contribution in [2.75, 3.05) is 0 Å². The lowest BCUT2D eigenvalue weighted by molar-refractivity contribution is 0.635. The lowest BCUT2D eigenvalue weighted by Crippen LogP contribution is -1.95. The molecule has 0 aliphatic heterocycles. The van der Waals surface area contributed by atoms with Crippen molar-refractivity contribution in [1.29, 1.82) is 0 Å². The average Bonchev–Trinajstić information content (AvgIpc) is 1.93. The lowest BCUT2D eigenvalue weighted by atomic mass is 10.1. The van der Waals surface area contributed by atoms with Crippen LogP contribution in [0.3, 0.4) is 0 Å². The van der Waals surface area contributed by atoms with Crippen LogP contribution in [0.2, 0.25) is 5.02 Å². The Morgan fingerprint density at radius 1 is 1.45 bits per heavy atom. The van der Waals surface area contributed by atoms with Crippen LogP contribution in [-0.2, 0) is 6.42 Å². The lowest BCUT2D eigenvalue weighted by Gasteiger charge is -2.02.